The molecule has 0 aromatic carbocycles. The molecule has 1 atom stereocenters. The topological polar surface area (TPSA) is 55.0 Å². The van der Waals surface area contributed by atoms with Crippen molar-refractivity contribution in [3.05, 3.63) is 16.9 Å². The van der Waals surface area contributed by atoms with Crippen molar-refractivity contribution in [2.75, 3.05) is 18.0 Å². The van der Waals surface area contributed by atoms with Crippen LogP contribution in [0.3, 0.4) is 0 Å². The van der Waals surface area contributed by atoms with Gasteiger partial charge < -0.3 is 10.6 Å². The lowest BCUT2D eigenvalue weighted by Gasteiger charge is -2.22. The molecule has 0 bridgehead atoms. The summed E-state index contributed by atoms with van der Waals surface area (Å²) in [5.74, 6) is 0.793. The van der Waals surface area contributed by atoms with E-state index in [1.54, 1.807) is 12.4 Å². The first kappa shape index (κ1) is 15.9. The van der Waals surface area contributed by atoms with Gasteiger partial charge in [-0.2, -0.15) is 0 Å². The van der Waals surface area contributed by atoms with Crippen LogP contribution in [0.4, 0.5) is 5.95 Å². The zero-order valence-electron chi connectivity index (χ0n) is 8.67. The van der Waals surface area contributed by atoms with Crippen LogP contribution in [0.15, 0.2) is 16.9 Å². The fourth-order valence-electron chi connectivity index (χ4n) is 1.80. The highest BCUT2D eigenvalue weighted by atomic mass is 79.9. The Balaban J connectivity index is 0.00000112. The SMILES string of the molecule is Cl.Cl.NCC1CCCN1c1ncc(Br)cn1. The van der Waals surface area contributed by atoms with E-state index in [1.807, 2.05) is 0 Å². The normalized spacial score (nSPS) is 18.9. The summed E-state index contributed by atoms with van der Waals surface area (Å²) in [6.45, 7) is 1.70. The van der Waals surface area contributed by atoms with Gasteiger partial charge in [0.2, 0.25) is 5.95 Å². The second kappa shape index (κ2) is 7.27. The van der Waals surface area contributed by atoms with E-state index in [-0.39, 0.29) is 24.8 Å². The molecule has 1 aromatic rings. The van der Waals surface area contributed by atoms with Crippen molar-refractivity contribution < 1.29 is 0 Å². The number of hydrogen-bond donors (Lipinski definition) is 1. The first-order valence-corrected chi connectivity index (χ1v) is 5.55. The summed E-state index contributed by atoms with van der Waals surface area (Å²) in [6.07, 6.45) is 5.87. The molecular weight excluding hydrogens is 315 g/mol. The highest BCUT2D eigenvalue weighted by molar-refractivity contribution is 9.10. The van der Waals surface area contributed by atoms with Gasteiger partial charge in [0.1, 0.15) is 0 Å². The minimum absolute atomic E-state index is 0. The molecule has 0 saturated carbocycles. The van der Waals surface area contributed by atoms with Gasteiger partial charge in [-0.1, -0.05) is 0 Å². The van der Waals surface area contributed by atoms with Crippen LogP contribution in [0.2, 0.25) is 0 Å². The average molecular weight is 330 g/mol. The molecule has 0 radical (unpaired) electrons. The van der Waals surface area contributed by atoms with Crippen LogP contribution in [0, 0.1) is 0 Å². The number of nitrogens with zero attached hydrogens (tertiary/aromatic N) is 3. The van der Waals surface area contributed by atoms with Crippen molar-refractivity contribution >= 4 is 46.7 Å². The molecule has 1 aromatic heterocycles. The highest BCUT2D eigenvalue weighted by Crippen LogP contribution is 2.21. The summed E-state index contributed by atoms with van der Waals surface area (Å²) in [4.78, 5) is 10.7. The van der Waals surface area contributed by atoms with Gasteiger partial charge in [-0.05, 0) is 28.8 Å². The second-order valence-electron chi connectivity index (χ2n) is 3.43. The molecule has 1 aliphatic rings. The molecule has 16 heavy (non-hydrogen) atoms. The van der Waals surface area contributed by atoms with E-state index in [1.165, 1.54) is 6.42 Å². The molecule has 0 amide bonds. The summed E-state index contributed by atoms with van der Waals surface area (Å²) in [5.41, 5.74) is 5.68. The van der Waals surface area contributed by atoms with Crippen molar-refractivity contribution in [2.45, 2.75) is 18.9 Å². The Morgan fingerprint density at radius 3 is 2.56 bits per heavy atom. The zero-order chi connectivity index (χ0) is 9.97. The molecule has 2 N–H and O–H groups in total. The first-order chi connectivity index (χ1) is 6.81. The van der Waals surface area contributed by atoms with E-state index in [9.17, 15) is 0 Å². The van der Waals surface area contributed by atoms with Crippen LogP contribution < -0.4 is 10.6 Å². The van der Waals surface area contributed by atoms with Gasteiger partial charge in [-0.3, -0.25) is 0 Å². The predicted molar refractivity (Wildman–Crippen MR) is 73.7 cm³/mol. The van der Waals surface area contributed by atoms with Gasteiger partial charge in [0.15, 0.2) is 0 Å². The lowest BCUT2D eigenvalue weighted by atomic mass is 10.2. The molecule has 0 spiro atoms. The van der Waals surface area contributed by atoms with Crippen molar-refractivity contribution in [2.24, 2.45) is 5.73 Å². The predicted octanol–water partition coefficient (Wildman–Crippen LogP) is 2.01. The molecule has 1 saturated heterocycles. The van der Waals surface area contributed by atoms with Gasteiger partial charge in [0, 0.05) is 31.5 Å². The third-order valence-electron chi connectivity index (χ3n) is 2.51. The molecule has 7 heteroatoms. The smallest absolute Gasteiger partial charge is 0.225 e. The quantitative estimate of drug-likeness (QED) is 0.901. The molecule has 1 fully saturated rings. The molecule has 4 nitrogen and oxygen atoms in total. The fourth-order valence-corrected chi connectivity index (χ4v) is 2.00. The van der Waals surface area contributed by atoms with E-state index in [4.69, 9.17) is 5.73 Å². The number of nitrogens with two attached hydrogens (primary N) is 1. The van der Waals surface area contributed by atoms with E-state index in [0.29, 0.717) is 12.6 Å². The Hall–Kier alpha value is -0.100. The highest BCUT2D eigenvalue weighted by Gasteiger charge is 2.24. The number of hydrogen-bond acceptors (Lipinski definition) is 4. The maximum absolute atomic E-state index is 5.68. The van der Waals surface area contributed by atoms with Gasteiger partial charge in [0.25, 0.3) is 0 Å². The lowest BCUT2D eigenvalue weighted by molar-refractivity contribution is 0.664. The second-order valence-corrected chi connectivity index (χ2v) is 4.34. The van der Waals surface area contributed by atoms with E-state index >= 15 is 0 Å². The minimum atomic E-state index is 0. The number of aromatic nitrogens is 2. The number of halogens is 3. The molecule has 1 aliphatic heterocycles. The van der Waals surface area contributed by atoms with E-state index < -0.39 is 0 Å². The Morgan fingerprint density at radius 2 is 2.00 bits per heavy atom. The molecule has 0 aliphatic carbocycles. The lowest BCUT2D eigenvalue weighted by Crippen LogP contribution is -2.36. The third-order valence-corrected chi connectivity index (χ3v) is 2.92. The third kappa shape index (κ3) is 3.45. The van der Waals surface area contributed by atoms with E-state index in [0.717, 1.165) is 23.4 Å². The minimum Gasteiger partial charge on any atom is -0.337 e. The summed E-state index contributed by atoms with van der Waals surface area (Å²) >= 11 is 3.32. The van der Waals surface area contributed by atoms with Crippen LogP contribution in [-0.2, 0) is 0 Å². The molecule has 2 rings (SSSR count). The maximum atomic E-state index is 5.68. The molecular formula is C9H15BrCl2N4. The summed E-state index contributed by atoms with van der Waals surface area (Å²) in [6, 6.07) is 0.413. The summed E-state index contributed by atoms with van der Waals surface area (Å²) < 4.78 is 0.907. The van der Waals surface area contributed by atoms with Crippen LogP contribution in [-0.4, -0.2) is 29.1 Å². The van der Waals surface area contributed by atoms with Crippen LogP contribution in [0.25, 0.3) is 0 Å². The molecule has 92 valence electrons. The average Bonchev–Trinajstić information content (AvgIpc) is 2.67. The Kier molecular flexibility index (Phi) is 7.22. The standard InChI is InChI=1S/C9H13BrN4.2ClH/c10-7-5-12-9(13-6-7)14-3-1-2-8(14)4-11;;/h5-6,8H,1-4,11H2;2*1H. The Labute approximate surface area is 116 Å². The summed E-state index contributed by atoms with van der Waals surface area (Å²) in [7, 11) is 0. The van der Waals surface area contributed by atoms with Crippen LogP contribution in [0.5, 0.6) is 0 Å². The molecule has 1 unspecified atom stereocenters. The largest absolute Gasteiger partial charge is 0.337 e. The van der Waals surface area contributed by atoms with Gasteiger partial charge in [-0.15, -0.1) is 24.8 Å². The molecule has 2 heterocycles. The van der Waals surface area contributed by atoms with Crippen molar-refractivity contribution in [1.29, 1.82) is 0 Å². The fraction of sp³-hybridized carbons (Fsp3) is 0.556. The Bertz CT molecular complexity index is 309. The van der Waals surface area contributed by atoms with Crippen molar-refractivity contribution in [3.8, 4) is 0 Å². The first-order valence-electron chi connectivity index (χ1n) is 4.75. The van der Waals surface area contributed by atoms with Crippen molar-refractivity contribution in [1.82, 2.24) is 9.97 Å². The zero-order valence-corrected chi connectivity index (χ0v) is 11.9. The van der Waals surface area contributed by atoms with Gasteiger partial charge in [-0.25, -0.2) is 9.97 Å². The Morgan fingerprint density at radius 1 is 1.38 bits per heavy atom. The van der Waals surface area contributed by atoms with Gasteiger partial charge in [0.05, 0.1) is 4.47 Å². The van der Waals surface area contributed by atoms with Crippen LogP contribution >= 0.6 is 40.7 Å². The van der Waals surface area contributed by atoms with E-state index in [2.05, 4.69) is 30.8 Å². The monoisotopic (exact) mass is 328 g/mol. The van der Waals surface area contributed by atoms with Crippen molar-refractivity contribution in [3.63, 3.8) is 0 Å². The van der Waals surface area contributed by atoms with Gasteiger partial charge >= 0.3 is 0 Å². The maximum Gasteiger partial charge on any atom is 0.225 e. The number of rotatable bonds is 2. The van der Waals surface area contributed by atoms with Crippen LogP contribution in [0.1, 0.15) is 12.8 Å². The number of anilines is 1. The summed E-state index contributed by atoms with van der Waals surface area (Å²) in [5, 5.41) is 0.